The summed E-state index contributed by atoms with van der Waals surface area (Å²) in [4.78, 5) is 0. The van der Waals surface area contributed by atoms with E-state index in [2.05, 4.69) is 0 Å². The van der Waals surface area contributed by atoms with Crippen molar-refractivity contribution >= 4 is 5.69 Å². The van der Waals surface area contributed by atoms with Gasteiger partial charge in [0.15, 0.2) is 6.10 Å². The number of nitrogens with two attached hydrogens (primary N) is 1. The van der Waals surface area contributed by atoms with Gasteiger partial charge in [-0.15, -0.1) is 0 Å². The van der Waals surface area contributed by atoms with Crippen LogP contribution in [-0.4, -0.2) is 16.3 Å². The molecule has 5 nitrogen and oxygen atoms in total. The molecule has 0 radical (unpaired) electrons. The molecule has 0 amide bonds. The lowest BCUT2D eigenvalue weighted by Gasteiger charge is -2.12. The molecule has 0 aliphatic carbocycles. The Balaban J connectivity index is 3.08. The third-order valence-electron chi connectivity index (χ3n) is 1.97. The SMILES string of the molecule is N#Cc1cc(C(O)C(O)C#N)ccc1N. The highest BCUT2D eigenvalue weighted by molar-refractivity contribution is 5.55. The quantitative estimate of drug-likeness (QED) is 0.464. The molecule has 0 heterocycles. The summed E-state index contributed by atoms with van der Waals surface area (Å²) in [6, 6.07) is 7.61. The lowest BCUT2D eigenvalue weighted by Crippen LogP contribution is -2.15. The molecule has 1 rings (SSSR count). The van der Waals surface area contributed by atoms with Crippen LogP contribution in [0.25, 0.3) is 0 Å². The Morgan fingerprint density at radius 3 is 2.47 bits per heavy atom. The second-order valence-electron chi connectivity index (χ2n) is 2.98. The number of hydrogen-bond acceptors (Lipinski definition) is 5. The van der Waals surface area contributed by atoms with E-state index in [1.165, 1.54) is 24.3 Å². The molecule has 5 heteroatoms. The zero-order valence-electron chi connectivity index (χ0n) is 7.75. The lowest BCUT2D eigenvalue weighted by atomic mass is 10.0. The number of aliphatic hydroxyl groups is 2. The maximum Gasteiger partial charge on any atom is 0.170 e. The summed E-state index contributed by atoms with van der Waals surface area (Å²) < 4.78 is 0. The fourth-order valence-electron chi connectivity index (χ4n) is 1.11. The molecule has 0 fully saturated rings. The first-order valence-electron chi connectivity index (χ1n) is 4.15. The van der Waals surface area contributed by atoms with Crippen LogP contribution in [0.3, 0.4) is 0 Å². The number of aliphatic hydroxyl groups excluding tert-OH is 2. The molecule has 0 aliphatic heterocycles. The fraction of sp³-hybridized carbons (Fsp3) is 0.200. The minimum atomic E-state index is -1.51. The molecule has 0 aromatic heterocycles. The van der Waals surface area contributed by atoms with Crippen LogP contribution < -0.4 is 5.73 Å². The molecule has 0 saturated carbocycles. The lowest BCUT2D eigenvalue weighted by molar-refractivity contribution is 0.0528. The van der Waals surface area contributed by atoms with Crippen molar-refractivity contribution in [1.82, 2.24) is 0 Å². The van der Waals surface area contributed by atoms with Gasteiger partial charge in [0.25, 0.3) is 0 Å². The zero-order valence-corrected chi connectivity index (χ0v) is 7.75. The van der Waals surface area contributed by atoms with Crippen LogP contribution in [0, 0.1) is 22.7 Å². The summed E-state index contributed by atoms with van der Waals surface area (Å²) in [5.74, 6) is 0. The van der Waals surface area contributed by atoms with Gasteiger partial charge in [0, 0.05) is 5.69 Å². The molecule has 4 N–H and O–H groups in total. The largest absolute Gasteiger partial charge is 0.398 e. The van der Waals surface area contributed by atoms with Crippen molar-refractivity contribution < 1.29 is 10.2 Å². The highest BCUT2D eigenvalue weighted by atomic mass is 16.3. The topological polar surface area (TPSA) is 114 Å². The summed E-state index contributed by atoms with van der Waals surface area (Å²) in [7, 11) is 0. The first kappa shape index (κ1) is 11.0. The molecule has 0 saturated heterocycles. The van der Waals surface area contributed by atoms with Crippen molar-refractivity contribution in [3.63, 3.8) is 0 Å². The van der Waals surface area contributed by atoms with Crippen LogP contribution in [0.2, 0.25) is 0 Å². The normalized spacial score (nSPS) is 13.6. The van der Waals surface area contributed by atoms with Gasteiger partial charge in [-0.3, -0.25) is 0 Å². The summed E-state index contributed by atoms with van der Waals surface area (Å²) in [5.41, 5.74) is 6.26. The van der Waals surface area contributed by atoms with E-state index in [0.29, 0.717) is 5.69 Å². The smallest absolute Gasteiger partial charge is 0.170 e. The standard InChI is InChI=1S/C10H9N3O2/c11-4-7-3-6(1-2-8(7)13)10(15)9(14)5-12/h1-3,9-10,14-15H,13H2. The minimum Gasteiger partial charge on any atom is -0.398 e. The van der Waals surface area contributed by atoms with Gasteiger partial charge in [-0.05, 0) is 17.7 Å². The molecule has 0 aliphatic rings. The molecule has 0 bridgehead atoms. The van der Waals surface area contributed by atoms with Gasteiger partial charge in [-0.25, -0.2) is 0 Å². The number of rotatable bonds is 2. The second kappa shape index (κ2) is 4.43. The van der Waals surface area contributed by atoms with Crippen LogP contribution in [0.15, 0.2) is 18.2 Å². The molecule has 1 aromatic rings. The van der Waals surface area contributed by atoms with E-state index >= 15 is 0 Å². The number of anilines is 1. The van der Waals surface area contributed by atoms with E-state index in [0.717, 1.165) is 0 Å². The average Bonchev–Trinajstić information content (AvgIpc) is 2.27. The number of hydrogen-bond donors (Lipinski definition) is 3. The zero-order chi connectivity index (χ0) is 11.4. The average molecular weight is 203 g/mol. The van der Waals surface area contributed by atoms with Crippen LogP contribution in [0.4, 0.5) is 5.69 Å². The summed E-state index contributed by atoms with van der Waals surface area (Å²) in [5, 5.41) is 35.6. The number of benzene rings is 1. The predicted molar refractivity (Wildman–Crippen MR) is 52.1 cm³/mol. The molecule has 1 aromatic carbocycles. The van der Waals surface area contributed by atoms with E-state index in [4.69, 9.17) is 21.4 Å². The van der Waals surface area contributed by atoms with E-state index in [9.17, 15) is 5.11 Å². The first-order chi connectivity index (χ1) is 7.10. The van der Waals surface area contributed by atoms with E-state index in [-0.39, 0.29) is 11.1 Å². The van der Waals surface area contributed by atoms with E-state index < -0.39 is 12.2 Å². The maximum atomic E-state index is 9.48. The van der Waals surface area contributed by atoms with Crippen LogP contribution in [-0.2, 0) is 0 Å². The highest BCUT2D eigenvalue weighted by Crippen LogP contribution is 2.21. The molecule has 2 unspecified atom stereocenters. The molecule has 76 valence electrons. The monoisotopic (exact) mass is 203 g/mol. The van der Waals surface area contributed by atoms with Gasteiger partial charge in [-0.1, -0.05) is 6.07 Å². The van der Waals surface area contributed by atoms with Crippen molar-refractivity contribution in [3.8, 4) is 12.1 Å². The Bertz CT molecular complexity index is 445. The summed E-state index contributed by atoms with van der Waals surface area (Å²) in [6.45, 7) is 0. The van der Waals surface area contributed by atoms with Gasteiger partial charge in [0.1, 0.15) is 12.2 Å². The molecule has 2 atom stereocenters. The summed E-state index contributed by atoms with van der Waals surface area (Å²) >= 11 is 0. The van der Waals surface area contributed by atoms with Gasteiger partial charge in [0.2, 0.25) is 0 Å². The Morgan fingerprint density at radius 1 is 1.27 bits per heavy atom. The predicted octanol–water partition coefficient (Wildman–Crippen LogP) is 0.0584. The minimum absolute atomic E-state index is 0.205. The van der Waals surface area contributed by atoms with Crippen LogP contribution in [0.5, 0.6) is 0 Å². The highest BCUT2D eigenvalue weighted by Gasteiger charge is 2.18. The third-order valence-corrected chi connectivity index (χ3v) is 1.97. The van der Waals surface area contributed by atoms with E-state index in [1.54, 1.807) is 0 Å². The Hall–Kier alpha value is -2.08. The van der Waals surface area contributed by atoms with Gasteiger partial charge < -0.3 is 15.9 Å². The van der Waals surface area contributed by atoms with Gasteiger partial charge in [0.05, 0.1) is 11.6 Å². The fourth-order valence-corrected chi connectivity index (χ4v) is 1.11. The third kappa shape index (κ3) is 2.23. The van der Waals surface area contributed by atoms with Gasteiger partial charge >= 0.3 is 0 Å². The number of nitrogen functional groups attached to an aromatic ring is 1. The van der Waals surface area contributed by atoms with Crippen molar-refractivity contribution in [2.75, 3.05) is 5.73 Å². The van der Waals surface area contributed by atoms with Crippen molar-refractivity contribution in [1.29, 1.82) is 10.5 Å². The Morgan fingerprint density at radius 2 is 1.93 bits per heavy atom. The molecule has 15 heavy (non-hydrogen) atoms. The Labute approximate surface area is 86.6 Å². The van der Waals surface area contributed by atoms with Crippen molar-refractivity contribution in [2.24, 2.45) is 0 Å². The Kier molecular flexibility index (Phi) is 3.25. The second-order valence-corrected chi connectivity index (χ2v) is 2.98. The molecular weight excluding hydrogens is 194 g/mol. The number of nitriles is 2. The summed E-state index contributed by atoms with van der Waals surface area (Å²) in [6.07, 6.45) is -2.84. The van der Waals surface area contributed by atoms with Crippen LogP contribution in [0.1, 0.15) is 17.2 Å². The molecule has 0 spiro atoms. The maximum absolute atomic E-state index is 9.48. The molecular formula is C10H9N3O2. The van der Waals surface area contributed by atoms with Crippen LogP contribution >= 0.6 is 0 Å². The van der Waals surface area contributed by atoms with Gasteiger partial charge in [-0.2, -0.15) is 10.5 Å². The van der Waals surface area contributed by atoms with Crippen molar-refractivity contribution in [2.45, 2.75) is 12.2 Å². The first-order valence-corrected chi connectivity index (χ1v) is 4.15. The van der Waals surface area contributed by atoms with Crippen molar-refractivity contribution in [3.05, 3.63) is 29.3 Å². The number of nitrogens with zero attached hydrogens (tertiary/aromatic N) is 2. The van der Waals surface area contributed by atoms with E-state index in [1.807, 2.05) is 6.07 Å².